The van der Waals surface area contributed by atoms with Crippen LogP contribution in [-0.4, -0.2) is 56.7 Å². The summed E-state index contributed by atoms with van der Waals surface area (Å²) < 4.78 is 1.71. The number of hydrogen-bond acceptors (Lipinski definition) is 5. The van der Waals surface area contributed by atoms with Crippen LogP contribution in [0.3, 0.4) is 0 Å². The second-order valence-corrected chi connectivity index (χ2v) is 5.46. The minimum absolute atomic E-state index is 0.0748. The molecule has 0 aliphatic carbocycles. The van der Waals surface area contributed by atoms with E-state index in [1.165, 1.54) is 6.20 Å². The molecule has 8 heteroatoms. The van der Waals surface area contributed by atoms with Crippen LogP contribution in [0, 0.1) is 0 Å². The van der Waals surface area contributed by atoms with Crippen molar-refractivity contribution in [1.82, 2.24) is 24.6 Å². The lowest BCUT2D eigenvalue weighted by Crippen LogP contribution is -2.51. The molecule has 1 atom stereocenters. The molecule has 0 bridgehead atoms. The standard InChI is InChI=1S/C15H20N6O2/c1-2-12(21-7-3-4-18-21)15(23)20-10-8-19(9-11-20)13-14(22)17-6-5-16-13/h3-7,12H,2,8-11H2,1H3,(H,17,22)/t12-/m1/s1. The number of piperazine rings is 1. The zero-order chi connectivity index (χ0) is 16.2. The summed E-state index contributed by atoms with van der Waals surface area (Å²) in [5.74, 6) is 0.490. The molecule has 1 N–H and O–H groups in total. The molecule has 2 aromatic heterocycles. The van der Waals surface area contributed by atoms with E-state index in [0.717, 1.165) is 0 Å². The van der Waals surface area contributed by atoms with Crippen molar-refractivity contribution in [3.05, 3.63) is 41.2 Å². The predicted octanol–water partition coefficient (Wildman–Crippen LogP) is 0.266. The third-order valence-corrected chi connectivity index (χ3v) is 4.10. The number of aromatic nitrogens is 4. The number of amides is 1. The van der Waals surface area contributed by atoms with Gasteiger partial charge in [-0.2, -0.15) is 5.10 Å². The van der Waals surface area contributed by atoms with Gasteiger partial charge < -0.3 is 14.8 Å². The first-order valence-electron chi connectivity index (χ1n) is 7.77. The lowest BCUT2D eigenvalue weighted by Gasteiger charge is -2.36. The van der Waals surface area contributed by atoms with Crippen LogP contribution >= 0.6 is 0 Å². The molecular formula is C15H20N6O2. The highest BCUT2D eigenvalue weighted by molar-refractivity contribution is 5.80. The summed E-state index contributed by atoms with van der Waals surface area (Å²) >= 11 is 0. The van der Waals surface area contributed by atoms with Crippen LogP contribution in [-0.2, 0) is 4.79 Å². The van der Waals surface area contributed by atoms with Crippen molar-refractivity contribution in [3.8, 4) is 0 Å². The average Bonchev–Trinajstić information content (AvgIpc) is 3.10. The van der Waals surface area contributed by atoms with Gasteiger partial charge in [0, 0.05) is 51.0 Å². The quantitative estimate of drug-likeness (QED) is 0.874. The lowest BCUT2D eigenvalue weighted by molar-refractivity contribution is -0.135. The van der Waals surface area contributed by atoms with Gasteiger partial charge in [-0.05, 0) is 12.5 Å². The Kier molecular flexibility index (Phi) is 4.40. The summed E-state index contributed by atoms with van der Waals surface area (Å²) in [5, 5.41) is 4.18. The zero-order valence-corrected chi connectivity index (χ0v) is 13.1. The van der Waals surface area contributed by atoms with Crippen molar-refractivity contribution >= 4 is 11.7 Å². The molecule has 0 saturated carbocycles. The number of H-pyrrole nitrogens is 1. The zero-order valence-electron chi connectivity index (χ0n) is 13.1. The van der Waals surface area contributed by atoms with Crippen molar-refractivity contribution in [3.63, 3.8) is 0 Å². The van der Waals surface area contributed by atoms with Crippen molar-refractivity contribution in [2.45, 2.75) is 19.4 Å². The van der Waals surface area contributed by atoms with Gasteiger partial charge in [0.25, 0.3) is 5.56 Å². The third-order valence-electron chi connectivity index (χ3n) is 4.10. The first-order valence-corrected chi connectivity index (χ1v) is 7.77. The summed E-state index contributed by atoms with van der Waals surface area (Å²) in [5.41, 5.74) is -0.199. The molecule has 0 aromatic carbocycles. The second kappa shape index (κ2) is 6.64. The summed E-state index contributed by atoms with van der Waals surface area (Å²) in [7, 11) is 0. The Balaban J connectivity index is 1.66. The molecule has 122 valence electrons. The first-order chi connectivity index (χ1) is 11.2. The summed E-state index contributed by atoms with van der Waals surface area (Å²) in [6.45, 7) is 4.33. The molecule has 3 heterocycles. The fraction of sp³-hybridized carbons (Fsp3) is 0.467. The summed E-state index contributed by atoms with van der Waals surface area (Å²) in [6, 6.07) is 1.55. The Bertz CT molecular complexity index is 703. The summed E-state index contributed by atoms with van der Waals surface area (Å²) in [6.07, 6.45) is 7.28. The van der Waals surface area contributed by atoms with Crippen LogP contribution in [0.25, 0.3) is 0 Å². The maximum atomic E-state index is 12.7. The van der Waals surface area contributed by atoms with Gasteiger partial charge in [0.2, 0.25) is 5.91 Å². The molecule has 1 aliphatic heterocycles. The fourth-order valence-electron chi connectivity index (χ4n) is 2.86. The SMILES string of the molecule is CC[C@H](C(=O)N1CCN(c2ncc[nH]c2=O)CC1)n1cccn1. The number of hydrogen-bond donors (Lipinski definition) is 1. The van der Waals surface area contributed by atoms with Gasteiger partial charge in [-0.25, -0.2) is 4.98 Å². The minimum atomic E-state index is -0.269. The van der Waals surface area contributed by atoms with E-state index in [4.69, 9.17) is 0 Å². The van der Waals surface area contributed by atoms with Gasteiger partial charge in [-0.3, -0.25) is 14.3 Å². The van der Waals surface area contributed by atoms with Crippen LogP contribution in [0.2, 0.25) is 0 Å². The van der Waals surface area contributed by atoms with Crippen molar-refractivity contribution in [2.75, 3.05) is 31.1 Å². The lowest BCUT2D eigenvalue weighted by atomic mass is 10.2. The normalized spacial score (nSPS) is 16.4. The smallest absolute Gasteiger partial charge is 0.290 e. The van der Waals surface area contributed by atoms with E-state index in [9.17, 15) is 9.59 Å². The number of nitrogens with one attached hydrogen (secondary N) is 1. The van der Waals surface area contributed by atoms with Gasteiger partial charge in [0.05, 0.1) is 0 Å². The van der Waals surface area contributed by atoms with Gasteiger partial charge >= 0.3 is 0 Å². The summed E-state index contributed by atoms with van der Waals surface area (Å²) in [4.78, 5) is 35.0. The molecule has 3 rings (SSSR count). The maximum Gasteiger partial charge on any atom is 0.290 e. The highest BCUT2D eigenvalue weighted by Crippen LogP contribution is 2.16. The Morgan fingerprint density at radius 1 is 1.30 bits per heavy atom. The van der Waals surface area contributed by atoms with Crippen LogP contribution in [0.4, 0.5) is 5.82 Å². The second-order valence-electron chi connectivity index (χ2n) is 5.46. The number of carbonyl (C=O) groups is 1. The number of nitrogens with zero attached hydrogens (tertiary/aromatic N) is 5. The number of aromatic amines is 1. The number of carbonyl (C=O) groups excluding carboxylic acids is 1. The van der Waals surface area contributed by atoms with Gasteiger partial charge in [0.1, 0.15) is 6.04 Å². The molecule has 1 fully saturated rings. The topological polar surface area (TPSA) is 87.1 Å². The molecule has 0 unspecified atom stereocenters. The van der Waals surface area contributed by atoms with E-state index >= 15 is 0 Å². The molecule has 8 nitrogen and oxygen atoms in total. The van der Waals surface area contributed by atoms with E-state index in [2.05, 4.69) is 15.1 Å². The molecule has 1 aliphatic rings. The van der Waals surface area contributed by atoms with E-state index < -0.39 is 0 Å². The van der Waals surface area contributed by atoms with Crippen LogP contribution < -0.4 is 10.5 Å². The first kappa shape index (κ1) is 15.3. The number of rotatable bonds is 4. The Morgan fingerprint density at radius 2 is 2.09 bits per heavy atom. The van der Waals surface area contributed by atoms with Crippen molar-refractivity contribution in [2.24, 2.45) is 0 Å². The largest absolute Gasteiger partial charge is 0.348 e. The molecule has 0 radical (unpaired) electrons. The minimum Gasteiger partial charge on any atom is -0.348 e. The monoisotopic (exact) mass is 316 g/mol. The number of anilines is 1. The van der Waals surface area contributed by atoms with Gasteiger partial charge in [-0.15, -0.1) is 0 Å². The van der Waals surface area contributed by atoms with E-state index in [0.29, 0.717) is 38.4 Å². The van der Waals surface area contributed by atoms with E-state index in [1.807, 2.05) is 29.0 Å². The third kappa shape index (κ3) is 3.10. The Morgan fingerprint density at radius 3 is 2.70 bits per heavy atom. The van der Waals surface area contributed by atoms with Crippen molar-refractivity contribution in [1.29, 1.82) is 0 Å². The predicted molar refractivity (Wildman–Crippen MR) is 85.2 cm³/mol. The van der Waals surface area contributed by atoms with Gasteiger partial charge in [-0.1, -0.05) is 6.92 Å². The Labute approximate surface area is 133 Å². The molecule has 1 amide bonds. The maximum absolute atomic E-state index is 12.7. The highest BCUT2D eigenvalue weighted by Gasteiger charge is 2.28. The van der Waals surface area contributed by atoms with E-state index in [1.54, 1.807) is 17.1 Å². The molecule has 23 heavy (non-hydrogen) atoms. The van der Waals surface area contributed by atoms with E-state index in [-0.39, 0.29) is 17.5 Å². The van der Waals surface area contributed by atoms with Crippen molar-refractivity contribution < 1.29 is 4.79 Å². The Hall–Kier alpha value is -2.64. The molecular weight excluding hydrogens is 296 g/mol. The van der Waals surface area contributed by atoms with Crippen LogP contribution in [0.5, 0.6) is 0 Å². The molecule has 2 aromatic rings. The van der Waals surface area contributed by atoms with Crippen LogP contribution in [0.1, 0.15) is 19.4 Å². The molecule has 0 spiro atoms. The van der Waals surface area contributed by atoms with Gasteiger partial charge in [0.15, 0.2) is 5.82 Å². The van der Waals surface area contributed by atoms with Crippen LogP contribution in [0.15, 0.2) is 35.6 Å². The molecule has 1 saturated heterocycles. The highest BCUT2D eigenvalue weighted by atomic mass is 16.2. The fourth-order valence-corrected chi connectivity index (χ4v) is 2.86. The average molecular weight is 316 g/mol.